The van der Waals surface area contributed by atoms with E-state index in [2.05, 4.69) is 4.72 Å². The Morgan fingerprint density at radius 3 is 2.50 bits per heavy atom. The van der Waals surface area contributed by atoms with E-state index in [4.69, 9.17) is 4.74 Å². The van der Waals surface area contributed by atoms with Gasteiger partial charge in [-0.1, -0.05) is 23.8 Å². The first-order valence-corrected chi connectivity index (χ1v) is 8.15. The van der Waals surface area contributed by atoms with Gasteiger partial charge in [-0.3, -0.25) is 0 Å². The average Bonchev–Trinajstić information content (AvgIpc) is 2.69. The van der Waals surface area contributed by atoms with Crippen LogP contribution in [0.4, 0.5) is 0 Å². The smallest absolute Gasteiger partial charge is 0.240 e. The van der Waals surface area contributed by atoms with Crippen molar-refractivity contribution in [2.45, 2.75) is 37.7 Å². The molecule has 1 aliphatic heterocycles. The molecule has 1 aliphatic rings. The zero-order chi connectivity index (χ0) is 14.8. The van der Waals surface area contributed by atoms with Gasteiger partial charge in [0, 0.05) is 6.54 Å². The SMILES string of the molecule is Cc1ccc(S(=O)(=O)NC/C=C2\COC(C)(C)C2)cc1. The Kier molecular flexibility index (Phi) is 4.32. The molecule has 0 radical (unpaired) electrons. The number of nitrogens with one attached hydrogen (secondary N) is 1. The third kappa shape index (κ3) is 3.91. The first-order chi connectivity index (χ1) is 9.28. The molecule has 0 aliphatic carbocycles. The number of aryl methyl sites for hydroxylation is 1. The van der Waals surface area contributed by atoms with Crippen molar-refractivity contribution < 1.29 is 13.2 Å². The molecule has 0 aromatic heterocycles. The van der Waals surface area contributed by atoms with Crippen LogP contribution in [0.25, 0.3) is 0 Å². The molecule has 1 aromatic rings. The monoisotopic (exact) mass is 295 g/mol. The second-order valence-corrected chi connectivity index (χ2v) is 7.52. The van der Waals surface area contributed by atoms with Crippen molar-refractivity contribution in [1.29, 1.82) is 0 Å². The summed E-state index contributed by atoms with van der Waals surface area (Å²) in [6, 6.07) is 6.82. The molecular formula is C15H21NO3S. The lowest BCUT2D eigenvalue weighted by atomic mass is 10.0. The van der Waals surface area contributed by atoms with Gasteiger partial charge in [0.1, 0.15) is 0 Å². The maximum Gasteiger partial charge on any atom is 0.240 e. The lowest BCUT2D eigenvalue weighted by Crippen LogP contribution is -2.24. The molecule has 0 unspecified atom stereocenters. The van der Waals surface area contributed by atoms with Gasteiger partial charge in [-0.2, -0.15) is 0 Å². The Morgan fingerprint density at radius 1 is 1.30 bits per heavy atom. The third-order valence-electron chi connectivity index (χ3n) is 3.30. The van der Waals surface area contributed by atoms with E-state index in [-0.39, 0.29) is 5.60 Å². The molecule has 0 bridgehead atoms. The fourth-order valence-corrected chi connectivity index (χ4v) is 3.13. The van der Waals surface area contributed by atoms with Crippen LogP contribution in [-0.2, 0) is 14.8 Å². The van der Waals surface area contributed by atoms with Gasteiger partial charge in [0.25, 0.3) is 0 Å². The van der Waals surface area contributed by atoms with Gasteiger partial charge < -0.3 is 4.74 Å². The molecule has 0 amide bonds. The minimum atomic E-state index is -3.43. The van der Waals surface area contributed by atoms with Crippen molar-refractivity contribution in [2.75, 3.05) is 13.2 Å². The first kappa shape index (κ1) is 15.2. The van der Waals surface area contributed by atoms with Crippen LogP contribution in [0.2, 0.25) is 0 Å². The summed E-state index contributed by atoms with van der Waals surface area (Å²) in [5, 5.41) is 0. The first-order valence-electron chi connectivity index (χ1n) is 6.67. The molecule has 0 spiro atoms. The molecule has 5 heteroatoms. The van der Waals surface area contributed by atoms with Gasteiger partial charge in [-0.05, 0) is 44.9 Å². The Balaban J connectivity index is 1.97. The second-order valence-electron chi connectivity index (χ2n) is 5.75. The van der Waals surface area contributed by atoms with E-state index in [1.54, 1.807) is 24.3 Å². The van der Waals surface area contributed by atoms with Crippen molar-refractivity contribution in [3.05, 3.63) is 41.5 Å². The Hall–Kier alpha value is -1.17. The summed E-state index contributed by atoms with van der Waals surface area (Å²) in [6.07, 6.45) is 2.75. The quantitative estimate of drug-likeness (QED) is 0.868. The van der Waals surface area contributed by atoms with Gasteiger partial charge >= 0.3 is 0 Å². The van der Waals surface area contributed by atoms with Crippen LogP contribution in [0.1, 0.15) is 25.8 Å². The largest absolute Gasteiger partial charge is 0.371 e. The summed E-state index contributed by atoms with van der Waals surface area (Å²) in [7, 11) is -3.43. The standard InChI is InChI=1S/C15H21NO3S/c1-12-4-6-14(7-5-12)20(17,18)16-9-8-13-10-15(2,3)19-11-13/h4-8,16H,9-11H2,1-3H3/b13-8-. The fraction of sp³-hybridized carbons (Fsp3) is 0.467. The summed E-state index contributed by atoms with van der Waals surface area (Å²) in [5.74, 6) is 0. The second kappa shape index (κ2) is 5.68. The maximum absolute atomic E-state index is 12.1. The zero-order valence-electron chi connectivity index (χ0n) is 12.1. The molecule has 20 heavy (non-hydrogen) atoms. The Bertz CT molecular complexity index is 601. The lowest BCUT2D eigenvalue weighted by Gasteiger charge is -2.14. The van der Waals surface area contributed by atoms with E-state index in [0.717, 1.165) is 17.6 Å². The molecule has 110 valence electrons. The van der Waals surface area contributed by atoms with Crippen molar-refractivity contribution in [2.24, 2.45) is 0 Å². The highest BCUT2D eigenvalue weighted by Crippen LogP contribution is 2.28. The van der Waals surface area contributed by atoms with Crippen LogP contribution in [-0.4, -0.2) is 27.2 Å². The summed E-state index contributed by atoms with van der Waals surface area (Å²) < 4.78 is 32.3. The third-order valence-corrected chi connectivity index (χ3v) is 4.74. The molecule has 0 atom stereocenters. The number of hydrogen-bond acceptors (Lipinski definition) is 3. The predicted octanol–water partition coefficient (Wildman–Crippen LogP) is 2.40. The summed E-state index contributed by atoms with van der Waals surface area (Å²) >= 11 is 0. The number of rotatable bonds is 4. The van der Waals surface area contributed by atoms with Crippen LogP contribution in [0, 0.1) is 6.92 Å². The van der Waals surface area contributed by atoms with Gasteiger partial charge in [0.2, 0.25) is 10.0 Å². The highest BCUT2D eigenvalue weighted by molar-refractivity contribution is 7.89. The summed E-state index contributed by atoms with van der Waals surface area (Å²) in [5.41, 5.74) is 2.04. The predicted molar refractivity (Wildman–Crippen MR) is 79.1 cm³/mol. The number of ether oxygens (including phenoxy) is 1. The molecule has 0 saturated carbocycles. The normalized spacial score (nSPS) is 20.4. The molecule has 1 saturated heterocycles. The molecule has 1 fully saturated rings. The van der Waals surface area contributed by atoms with Crippen molar-refractivity contribution in [1.82, 2.24) is 4.72 Å². The van der Waals surface area contributed by atoms with Crippen LogP contribution in [0.15, 0.2) is 40.8 Å². The number of benzene rings is 1. The van der Waals surface area contributed by atoms with E-state index < -0.39 is 10.0 Å². The van der Waals surface area contributed by atoms with E-state index in [1.165, 1.54) is 0 Å². The Labute approximate surface area is 120 Å². The molecule has 1 heterocycles. The average molecular weight is 295 g/mol. The molecule has 4 nitrogen and oxygen atoms in total. The molecular weight excluding hydrogens is 274 g/mol. The molecule has 1 aromatic carbocycles. The number of hydrogen-bond donors (Lipinski definition) is 1. The van der Waals surface area contributed by atoms with Crippen molar-refractivity contribution >= 4 is 10.0 Å². The molecule has 2 rings (SSSR count). The fourth-order valence-electron chi connectivity index (χ4n) is 2.16. The molecule has 1 N–H and O–H groups in total. The lowest BCUT2D eigenvalue weighted by molar-refractivity contribution is 0.0377. The van der Waals surface area contributed by atoms with Gasteiger partial charge in [0.05, 0.1) is 17.1 Å². The van der Waals surface area contributed by atoms with Crippen molar-refractivity contribution in [3.63, 3.8) is 0 Å². The van der Waals surface area contributed by atoms with Gasteiger partial charge in [-0.25, -0.2) is 13.1 Å². The highest BCUT2D eigenvalue weighted by atomic mass is 32.2. The van der Waals surface area contributed by atoms with Crippen LogP contribution >= 0.6 is 0 Å². The minimum Gasteiger partial charge on any atom is -0.371 e. The van der Waals surface area contributed by atoms with Crippen LogP contribution in [0.5, 0.6) is 0 Å². The van der Waals surface area contributed by atoms with Crippen LogP contribution < -0.4 is 4.72 Å². The van der Waals surface area contributed by atoms with E-state index in [0.29, 0.717) is 18.0 Å². The van der Waals surface area contributed by atoms with Crippen molar-refractivity contribution in [3.8, 4) is 0 Å². The van der Waals surface area contributed by atoms with E-state index in [1.807, 2.05) is 26.8 Å². The Morgan fingerprint density at radius 2 is 1.95 bits per heavy atom. The van der Waals surface area contributed by atoms with E-state index >= 15 is 0 Å². The zero-order valence-corrected chi connectivity index (χ0v) is 13.0. The summed E-state index contributed by atoms with van der Waals surface area (Å²) in [6.45, 7) is 6.87. The number of sulfonamides is 1. The topological polar surface area (TPSA) is 55.4 Å². The maximum atomic E-state index is 12.1. The minimum absolute atomic E-state index is 0.137. The highest BCUT2D eigenvalue weighted by Gasteiger charge is 2.27. The van der Waals surface area contributed by atoms with Gasteiger partial charge in [0.15, 0.2) is 0 Å². The van der Waals surface area contributed by atoms with Crippen LogP contribution in [0.3, 0.4) is 0 Å². The van der Waals surface area contributed by atoms with Gasteiger partial charge in [-0.15, -0.1) is 0 Å². The van der Waals surface area contributed by atoms with E-state index in [9.17, 15) is 8.42 Å². The summed E-state index contributed by atoms with van der Waals surface area (Å²) in [4.78, 5) is 0.296.